The topological polar surface area (TPSA) is 105 Å². The maximum Gasteiger partial charge on any atom is 0.274 e. The smallest absolute Gasteiger partial charge is 0.274 e. The Morgan fingerprint density at radius 3 is 2.62 bits per heavy atom. The molecule has 2 saturated heterocycles. The Morgan fingerprint density at radius 2 is 1.91 bits per heavy atom. The molecule has 236 valence electrons. The van der Waals surface area contributed by atoms with Crippen molar-refractivity contribution in [2.75, 3.05) is 32.9 Å². The average Bonchev–Trinajstić information content (AvgIpc) is 3.39. The van der Waals surface area contributed by atoms with Gasteiger partial charge >= 0.3 is 0 Å². The van der Waals surface area contributed by atoms with Crippen molar-refractivity contribution in [3.8, 4) is 5.75 Å². The minimum Gasteiger partial charge on any atom is -0.486 e. The van der Waals surface area contributed by atoms with Crippen LogP contribution in [0.25, 0.3) is 23.1 Å². The number of halogens is 3. The van der Waals surface area contributed by atoms with Crippen molar-refractivity contribution in [2.45, 2.75) is 45.1 Å². The highest BCUT2D eigenvalue weighted by Gasteiger charge is 2.24. The maximum atomic E-state index is 15.4. The molecule has 45 heavy (non-hydrogen) atoms. The maximum absolute atomic E-state index is 15.4. The molecule has 0 N–H and O–H groups in total. The number of nitrogens with zero attached hydrogens (tertiary/aromatic N) is 5. The second-order valence-electron chi connectivity index (χ2n) is 11.1. The van der Waals surface area contributed by atoms with Gasteiger partial charge in [-0.15, -0.1) is 0 Å². The number of nitro groups is 1. The van der Waals surface area contributed by atoms with Gasteiger partial charge in [0.2, 0.25) is 0 Å². The number of hydrogen-bond acceptors (Lipinski definition) is 8. The first-order valence-corrected chi connectivity index (χ1v) is 15.6. The highest BCUT2D eigenvalue weighted by Crippen LogP contribution is 2.36. The number of morpholine rings is 1. The third-order valence-electron chi connectivity index (χ3n) is 8.06. The van der Waals surface area contributed by atoms with E-state index in [1.54, 1.807) is 6.08 Å². The van der Waals surface area contributed by atoms with E-state index in [1.807, 2.05) is 34.7 Å². The number of ether oxygens (including phenoxy) is 3. The summed E-state index contributed by atoms with van der Waals surface area (Å²) in [6, 6.07) is 8.13. The van der Waals surface area contributed by atoms with Gasteiger partial charge in [0, 0.05) is 66.8 Å². The van der Waals surface area contributed by atoms with Crippen molar-refractivity contribution < 1.29 is 23.5 Å². The molecule has 2 aliphatic heterocycles. The van der Waals surface area contributed by atoms with Gasteiger partial charge in [-0.25, -0.2) is 9.07 Å². The Labute approximate surface area is 269 Å². The molecule has 0 radical (unpaired) electrons. The predicted molar refractivity (Wildman–Crippen MR) is 170 cm³/mol. The lowest BCUT2D eigenvalue weighted by atomic mass is 10.1. The first-order valence-electron chi connectivity index (χ1n) is 14.8. The second-order valence-corrected chi connectivity index (χ2v) is 11.9. The van der Waals surface area contributed by atoms with Crippen LogP contribution in [-0.2, 0) is 16.0 Å². The molecule has 2 unspecified atom stereocenters. The molecule has 0 spiro atoms. The van der Waals surface area contributed by atoms with Crippen LogP contribution in [0.3, 0.4) is 0 Å². The third-order valence-corrected chi connectivity index (χ3v) is 8.66. The molecule has 0 amide bonds. The fraction of sp³-hybridized carbons (Fsp3) is 0.375. The van der Waals surface area contributed by atoms with Crippen molar-refractivity contribution in [3.05, 3.63) is 91.1 Å². The fourth-order valence-electron chi connectivity index (χ4n) is 5.76. The van der Waals surface area contributed by atoms with Gasteiger partial charge < -0.3 is 14.2 Å². The Balaban J connectivity index is 1.34. The minimum absolute atomic E-state index is 0.0899. The van der Waals surface area contributed by atoms with Crippen LogP contribution in [0.15, 0.2) is 42.7 Å². The van der Waals surface area contributed by atoms with Gasteiger partial charge in [-0.05, 0) is 62.6 Å². The molecule has 2 atom stereocenters. The van der Waals surface area contributed by atoms with E-state index in [1.165, 1.54) is 30.6 Å². The summed E-state index contributed by atoms with van der Waals surface area (Å²) in [5.41, 5.74) is 2.25. The molecular formula is C32H32Cl2FN5O5. The molecule has 2 aromatic carbocycles. The molecule has 2 aliphatic rings. The summed E-state index contributed by atoms with van der Waals surface area (Å²) in [5, 5.41) is 18.4. The molecule has 6 rings (SSSR count). The SMILES string of the molecule is CC(Oc1ccc2c(c1)c(/C=C/c1cc([N+](=O)[O-])c(CN3CCOCC3)cc1F)nn2C1CCCCO1)c1c(Cl)cncc1Cl. The number of aromatic nitrogens is 3. The molecule has 0 aliphatic carbocycles. The van der Waals surface area contributed by atoms with Crippen LogP contribution < -0.4 is 4.74 Å². The summed E-state index contributed by atoms with van der Waals surface area (Å²) in [6.45, 7) is 5.10. The summed E-state index contributed by atoms with van der Waals surface area (Å²) in [7, 11) is 0. The molecule has 10 nitrogen and oxygen atoms in total. The molecular weight excluding hydrogens is 624 g/mol. The van der Waals surface area contributed by atoms with Gasteiger partial charge in [0.25, 0.3) is 5.69 Å². The lowest BCUT2D eigenvalue weighted by Gasteiger charge is -2.26. The van der Waals surface area contributed by atoms with Crippen LogP contribution >= 0.6 is 23.2 Å². The first kappa shape index (κ1) is 31.4. The largest absolute Gasteiger partial charge is 0.486 e. The van der Waals surface area contributed by atoms with Crippen LogP contribution in [0.1, 0.15) is 60.9 Å². The van der Waals surface area contributed by atoms with Crippen LogP contribution in [0, 0.1) is 15.9 Å². The summed E-state index contributed by atoms with van der Waals surface area (Å²) in [4.78, 5) is 17.5. The zero-order valence-electron chi connectivity index (χ0n) is 24.6. The van der Waals surface area contributed by atoms with Crippen molar-refractivity contribution in [3.63, 3.8) is 0 Å². The van der Waals surface area contributed by atoms with E-state index in [9.17, 15) is 10.1 Å². The van der Waals surface area contributed by atoms with Gasteiger partial charge in [-0.3, -0.25) is 20.0 Å². The lowest BCUT2D eigenvalue weighted by Crippen LogP contribution is -2.35. The summed E-state index contributed by atoms with van der Waals surface area (Å²) >= 11 is 12.7. The number of rotatable bonds is 9. The zero-order chi connectivity index (χ0) is 31.5. The van der Waals surface area contributed by atoms with E-state index in [0.29, 0.717) is 65.5 Å². The van der Waals surface area contributed by atoms with Gasteiger partial charge in [0.15, 0.2) is 6.23 Å². The highest BCUT2D eigenvalue weighted by molar-refractivity contribution is 6.35. The quantitative estimate of drug-likeness (QED) is 0.134. The molecule has 4 aromatic rings. The number of fused-ring (bicyclic) bond motifs is 1. The fourth-order valence-corrected chi connectivity index (χ4v) is 6.43. The lowest BCUT2D eigenvalue weighted by molar-refractivity contribution is -0.385. The monoisotopic (exact) mass is 655 g/mol. The van der Waals surface area contributed by atoms with Crippen LogP contribution in [0.2, 0.25) is 10.0 Å². The molecule has 2 aromatic heterocycles. The molecule has 4 heterocycles. The van der Waals surface area contributed by atoms with E-state index in [0.717, 1.165) is 30.2 Å². The van der Waals surface area contributed by atoms with Gasteiger partial charge in [-0.1, -0.05) is 23.2 Å². The van der Waals surface area contributed by atoms with Crippen LogP contribution in [0.4, 0.5) is 10.1 Å². The summed E-state index contributed by atoms with van der Waals surface area (Å²) in [5.74, 6) is -0.00425. The van der Waals surface area contributed by atoms with E-state index in [4.69, 9.17) is 42.5 Å². The van der Waals surface area contributed by atoms with Gasteiger partial charge in [0.05, 0.1) is 39.4 Å². The zero-order valence-corrected chi connectivity index (χ0v) is 26.1. The van der Waals surface area contributed by atoms with Gasteiger partial charge in [0.1, 0.15) is 17.7 Å². The number of nitro benzene ring substituents is 1. The van der Waals surface area contributed by atoms with E-state index < -0.39 is 16.8 Å². The van der Waals surface area contributed by atoms with Crippen molar-refractivity contribution in [1.82, 2.24) is 19.7 Å². The molecule has 0 saturated carbocycles. The average molecular weight is 657 g/mol. The Kier molecular flexibility index (Phi) is 9.62. The van der Waals surface area contributed by atoms with Crippen LogP contribution in [0.5, 0.6) is 5.75 Å². The van der Waals surface area contributed by atoms with E-state index in [2.05, 4.69) is 4.98 Å². The standard InChI is InChI=1S/C32H32Cl2FN5O5/c1-20(32-25(33)17-36-18-26(32)34)45-23-6-8-29-24(16-23)28(37-39(29)31-4-2-3-11-44-31)7-5-21-15-30(40(41)42)22(14-27(21)35)19-38-9-12-43-13-10-38/h5-8,14-18,20,31H,2-4,9-13,19H2,1H3/b7-5+. The number of pyridine rings is 1. The number of hydrogen-bond donors (Lipinski definition) is 0. The normalized spacial score (nSPS) is 18.4. The summed E-state index contributed by atoms with van der Waals surface area (Å²) < 4.78 is 34.9. The van der Waals surface area contributed by atoms with E-state index in [-0.39, 0.29) is 24.0 Å². The predicted octanol–water partition coefficient (Wildman–Crippen LogP) is 7.63. The van der Waals surface area contributed by atoms with Gasteiger partial charge in [-0.2, -0.15) is 5.10 Å². The molecule has 13 heteroatoms. The number of benzene rings is 2. The van der Waals surface area contributed by atoms with Crippen molar-refractivity contribution in [1.29, 1.82) is 0 Å². The highest BCUT2D eigenvalue weighted by atomic mass is 35.5. The Hall–Kier alpha value is -3.61. The van der Waals surface area contributed by atoms with Crippen LogP contribution in [-0.4, -0.2) is 57.5 Å². The van der Waals surface area contributed by atoms with E-state index >= 15 is 4.39 Å². The summed E-state index contributed by atoms with van der Waals surface area (Å²) in [6.07, 6.45) is 8.28. The van der Waals surface area contributed by atoms with Crippen molar-refractivity contribution in [2.24, 2.45) is 0 Å². The second kappa shape index (κ2) is 13.8. The first-order chi connectivity index (χ1) is 21.8. The molecule has 2 fully saturated rings. The Bertz CT molecular complexity index is 1720. The molecule has 0 bridgehead atoms. The van der Waals surface area contributed by atoms with Crippen molar-refractivity contribution >= 4 is 51.9 Å². The third kappa shape index (κ3) is 6.97. The minimum atomic E-state index is -0.552. The Morgan fingerprint density at radius 1 is 1.13 bits per heavy atom.